The topological polar surface area (TPSA) is 109 Å². The van der Waals surface area contributed by atoms with E-state index in [2.05, 4.69) is 15.3 Å². The Morgan fingerprint density at radius 2 is 1.86 bits per heavy atom. The smallest absolute Gasteiger partial charge is 0.373 e. The van der Waals surface area contributed by atoms with Crippen molar-refractivity contribution >= 4 is 28.8 Å². The minimum Gasteiger partial charge on any atom is -0.454 e. The molecule has 2 aromatic carbocycles. The summed E-state index contributed by atoms with van der Waals surface area (Å²) in [6, 6.07) is 8.44. The number of halogens is 1. The van der Waals surface area contributed by atoms with Gasteiger partial charge in [0, 0.05) is 16.8 Å². The van der Waals surface area contributed by atoms with Crippen LogP contribution in [0.15, 0.2) is 36.7 Å². The second-order valence-electron chi connectivity index (χ2n) is 6.30. The lowest BCUT2D eigenvalue weighted by molar-refractivity contribution is -0.385. The lowest BCUT2D eigenvalue weighted by atomic mass is 10.1. The van der Waals surface area contributed by atoms with E-state index in [4.69, 9.17) is 25.8 Å². The van der Waals surface area contributed by atoms with Crippen LogP contribution < -0.4 is 19.5 Å². The number of benzene rings is 2. The molecule has 1 aromatic heterocycles. The van der Waals surface area contributed by atoms with Crippen LogP contribution in [-0.4, -0.2) is 21.7 Å². The molecule has 4 rings (SSSR count). The number of rotatable bonds is 5. The van der Waals surface area contributed by atoms with Crippen molar-refractivity contribution < 1.29 is 19.1 Å². The quantitative estimate of drug-likeness (QED) is 0.462. The van der Waals surface area contributed by atoms with Gasteiger partial charge in [-0.05, 0) is 49.2 Å². The van der Waals surface area contributed by atoms with Crippen molar-refractivity contribution in [3.63, 3.8) is 0 Å². The Kier molecular flexibility index (Phi) is 4.81. The van der Waals surface area contributed by atoms with Crippen LogP contribution in [0.3, 0.4) is 0 Å². The first kappa shape index (κ1) is 18.8. The zero-order chi connectivity index (χ0) is 20.5. The molecule has 0 aliphatic carbocycles. The Balaban J connectivity index is 1.68. The number of aromatic nitrogens is 2. The van der Waals surface area contributed by atoms with Gasteiger partial charge in [-0.1, -0.05) is 11.6 Å². The number of hydrogen-bond acceptors (Lipinski definition) is 8. The Labute approximate surface area is 170 Å². The third-order valence-electron chi connectivity index (χ3n) is 4.23. The number of nitrogens with zero attached hydrogens (tertiary/aromatic N) is 3. The maximum Gasteiger partial charge on any atom is 0.373 e. The molecule has 0 saturated carbocycles. The molecule has 0 bridgehead atoms. The van der Waals surface area contributed by atoms with Gasteiger partial charge in [0.15, 0.2) is 11.5 Å². The first-order valence-corrected chi connectivity index (χ1v) is 8.91. The molecule has 0 atom stereocenters. The van der Waals surface area contributed by atoms with Gasteiger partial charge in [-0.3, -0.25) is 10.1 Å². The fourth-order valence-corrected chi connectivity index (χ4v) is 2.99. The van der Waals surface area contributed by atoms with Crippen LogP contribution >= 0.6 is 11.6 Å². The summed E-state index contributed by atoms with van der Waals surface area (Å²) in [6.07, 6.45) is 1.19. The van der Waals surface area contributed by atoms with Crippen LogP contribution in [0.2, 0.25) is 5.02 Å². The molecule has 0 spiro atoms. The summed E-state index contributed by atoms with van der Waals surface area (Å²) in [5.41, 5.74) is 1.73. The molecule has 1 N–H and O–H groups in total. The maximum atomic E-state index is 11.7. The van der Waals surface area contributed by atoms with Crippen LogP contribution in [0.4, 0.5) is 17.2 Å². The Bertz CT molecular complexity index is 1100. The van der Waals surface area contributed by atoms with Crippen molar-refractivity contribution in [1.82, 2.24) is 9.97 Å². The van der Waals surface area contributed by atoms with E-state index in [0.717, 1.165) is 11.1 Å². The number of anilines is 2. The summed E-state index contributed by atoms with van der Waals surface area (Å²) >= 11 is 6.17. The first-order chi connectivity index (χ1) is 13.9. The summed E-state index contributed by atoms with van der Waals surface area (Å²) in [5, 5.41) is 15.3. The van der Waals surface area contributed by atoms with Gasteiger partial charge in [-0.25, -0.2) is 4.98 Å². The van der Waals surface area contributed by atoms with Gasteiger partial charge in [0.25, 0.3) is 0 Å². The largest absolute Gasteiger partial charge is 0.454 e. The van der Waals surface area contributed by atoms with Crippen LogP contribution in [0.1, 0.15) is 11.1 Å². The average molecular weight is 415 g/mol. The SMILES string of the molecule is Cc1cc(Oc2ncnc(Nc3ccc4c(c3)OCO4)c2[N+](=O)[O-])cc(C)c1Cl. The number of aryl methyl sites for hydroxylation is 2. The van der Waals surface area contributed by atoms with Crippen molar-refractivity contribution in [2.24, 2.45) is 0 Å². The number of ether oxygens (including phenoxy) is 3. The molecule has 0 unspecified atom stereocenters. The fourth-order valence-electron chi connectivity index (χ4n) is 2.88. The number of fused-ring (bicyclic) bond motifs is 1. The molecule has 3 aromatic rings. The summed E-state index contributed by atoms with van der Waals surface area (Å²) < 4.78 is 16.3. The Morgan fingerprint density at radius 1 is 1.14 bits per heavy atom. The highest BCUT2D eigenvalue weighted by Gasteiger charge is 2.26. The molecular weight excluding hydrogens is 400 g/mol. The lowest BCUT2D eigenvalue weighted by Gasteiger charge is -2.11. The molecule has 9 nitrogen and oxygen atoms in total. The molecule has 0 amide bonds. The standard InChI is InChI=1S/C19H15ClN4O5/c1-10-5-13(6-11(2)16(10)20)29-19-17(24(25)26)18(21-8-22-19)23-12-3-4-14-15(7-12)28-9-27-14/h3-8H,9H2,1-2H3,(H,21,22,23). The van der Waals surface area contributed by atoms with Crippen molar-refractivity contribution in [2.45, 2.75) is 13.8 Å². The lowest BCUT2D eigenvalue weighted by Crippen LogP contribution is -2.03. The zero-order valence-corrected chi connectivity index (χ0v) is 16.2. The van der Waals surface area contributed by atoms with Gasteiger partial charge in [-0.2, -0.15) is 4.98 Å². The second kappa shape index (κ2) is 7.44. The summed E-state index contributed by atoms with van der Waals surface area (Å²) in [4.78, 5) is 19.1. The van der Waals surface area contributed by atoms with Crippen LogP contribution in [-0.2, 0) is 0 Å². The van der Waals surface area contributed by atoms with Gasteiger partial charge in [0.1, 0.15) is 12.1 Å². The van der Waals surface area contributed by atoms with E-state index < -0.39 is 10.6 Å². The molecular formula is C19H15ClN4O5. The zero-order valence-electron chi connectivity index (χ0n) is 15.4. The van der Waals surface area contributed by atoms with Gasteiger partial charge in [-0.15, -0.1) is 0 Å². The third-order valence-corrected chi connectivity index (χ3v) is 4.83. The van der Waals surface area contributed by atoms with Crippen molar-refractivity contribution in [1.29, 1.82) is 0 Å². The molecule has 0 radical (unpaired) electrons. The molecule has 0 fully saturated rings. The summed E-state index contributed by atoms with van der Waals surface area (Å²) in [6.45, 7) is 3.77. The highest BCUT2D eigenvalue weighted by atomic mass is 35.5. The average Bonchev–Trinajstić information content (AvgIpc) is 3.14. The second-order valence-corrected chi connectivity index (χ2v) is 6.68. The van der Waals surface area contributed by atoms with E-state index in [9.17, 15) is 10.1 Å². The molecule has 1 aliphatic heterocycles. The molecule has 1 aliphatic rings. The third kappa shape index (κ3) is 3.72. The van der Waals surface area contributed by atoms with Gasteiger partial charge >= 0.3 is 11.6 Å². The normalized spacial score (nSPS) is 12.0. The fraction of sp³-hybridized carbons (Fsp3) is 0.158. The van der Waals surface area contributed by atoms with E-state index in [1.54, 1.807) is 30.3 Å². The number of nitrogens with one attached hydrogen (secondary N) is 1. The van der Waals surface area contributed by atoms with E-state index in [1.807, 2.05) is 13.8 Å². The van der Waals surface area contributed by atoms with Crippen molar-refractivity contribution in [3.05, 3.63) is 62.9 Å². The van der Waals surface area contributed by atoms with E-state index in [-0.39, 0.29) is 18.5 Å². The minimum atomic E-state index is -0.597. The Hall–Kier alpha value is -3.59. The predicted molar refractivity (Wildman–Crippen MR) is 106 cm³/mol. The molecule has 10 heteroatoms. The Morgan fingerprint density at radius 3 is 2.59 bits per heavy atom. The maximum absolute atomic E-state index is 11.7. The van der Waals surface area contributed by atoms with E-state index >= 15 is 0 Å². The summed E-state index contributed by atoms with van der Waals surface area (Å²) in [7, 11) is 0. The van der Waals surface area contributed by atoms with Gasteiger partial charge < -0.3 is 19.5 Å². The van der Waals surface area contributed by atoms with Crippen LogP contribution in [0.5, 0.6) is 23.1 Å². The van der Waals surface area contributed by atoms with Crippen LogP contribution in [0, 0.1) is 24.0 Å². The molecule has 29 heavy (non-hydrogen) atoms. The van der Waals surface area contributed by atoms with E-state index in [0.29, 0.717) is 28.0 Å². The monoisotopic (exact) mass is 414 g/mol. The first-order valence-electron chi connectivity index (χ1n) is 8.53. The number of hydrogen-bond donors (Lipinski definition) is 1. The van der Waals surface area contributed by atoms with Gasteiger partial charge in [0.05, 0.1) is 4.92 Å². The summed E-state index contributed by atoms with van der Waals surface area (Å²) in [5.74, 6) is 1.33. The minimum absolute atomic E-state index is 0.0127. The highest BCUT2D eigenvalue weighted by molar-refractivity contribution is 6.32. The molecule has 2 heterocycles. The van der Waals surface area contributed by atoms with E-state index in [1.165, 1.54) is 6.33 Å². The highest BCUT2D eigenvalue weighted by Crippen LogP contribution is 2.39. The van der Waals surface area contributed by atoms with Crippen LogP contribution in [0.25, 0.3) is 0 Å². The number of nitro groups is 1. The van der Waals surface area contributed by atoms with Gasteiger partial charge in [0.2, 0.25) is 12.6 Å². The molecule has 148 valence electrons. The van der Waals surface area contributed by atoms with Crippen molar-refractivity contribution in [2.75, 3.05) is 12.1 Å². The predicted octanol–water partition coefficient (Wildman–Crippen LogP) is 4.92. The van der Waals surface area contributed by atoms with Crippen molar-refractivity contribution in [3.8, 4) is 23.1 Å². The molecule has 0 saturated heterocycles.